The van der Waals surface area contributed by atoms with E-state index in [0.717, 1.165) is 58.4 Å². The summed E-state index contributed by atoms with van der Waals surface area (Å²) in [5, 5.41) is 6.64. The van der Waals surface area contributed by atoms with Gasteiger partial charge in [0.1, 0.15) is 0 Å². The number of nitrogens with one attached hydrogen (secondary N) is 2. The lowest BCUT2D eigenvalue weighted by molar-refractivity contribution is -0.0432. The van der Waals surface area contributed by atoms with Crippen LogP contribution in [0.5, 0.6) is 0 Å². The fourth-order valence-corrected chi connectivity index (χ4v) is 3.06. The van der Waals surface area contributed by atoms with Crippen LogP contribution in [0.4, 0.5) is 0 Å². The highest BCUT2D eigenvalue weighted by Crippen LogP contribution is 2.22. The Morgan fingerprint density at radius 2 is 2.22 bits per heavy atom. The van der Waals surface area contributed by atoms with Crippen LogP contribution in [0.25, 0.3) is 0 Å². The molecule has 2 rings (SSSR count). The number of morpholine rings is 1. The molecule has 23 heavy (non-hydrogen) atoms. The summed E-state index contributed by atoms with van der Waals surface area (Å²) in [7, 11) is 0. The zero-order valence-electron chi connectivity index (χ0n) is 14.6. The maximum Gasteiger partial charge on any atom is 0.191 e. The second kappa shape index (κ2) is 12.3. The van der Waals surface area contributed by atoms with Crippen LogP contribution in [0.3, 0.4) is 0 Å². The maximum atomic E-state index is 5.95. The van der Waals surface area contributed by atoms with Gasteiger partial charge in [0.2, 0.25) is 0 Å². The highest BCUT2D eigenvalue weighted by atomic mass is 127. The molecule has 0 saturated carbocycles. The van der Waals surface area contributed by atoms with E-state index in [4.69, 9.17) is 9.47 Å². The Morgan fingerprint density at radius 3 is 3.00 bits per heavy atom. The molecule has 0 aliphatic carbocycles. The molecule has 0 aromatic heterocycles. The molecule has 2 aliphatic rings. The molecule has 6 nitrogen and oxygen atoms in total. The summed E-state index contributed by atoms with van der Waals surface area (Å²) in [6, 6.07) is 0.658. The molecular formula is C16H33IN4O2. The molecule has 7 heteroatoms. The first-order valence-corrected chi connectivity index (χ1v) is 8.79. The van der Waals surface area contributed by atoms with Crippen molar-refractivity contribution in [3.05, 3.63) is 0 Å². The van der Waals surface area contributed by atoms with E-state index < -0.39 is 0 Å². The van der Waals surface area contributed by atoms with E-state index in [2.05, 4.69) is 27.4 Å². The quantitative estimate of drug-likeness (QED) is 0.259. The number of hydrogen-bond acceptors (Lipinski definition) is 4. The van der Waals surface area contributed by atoms with Crippen LogP contribution in [0.1, 0.15) is 33.1 Å². The molecule has 0 spiro atoms. The molecule has 2 saturated heterocycles. The third kappa shape index (κ3) is 7.53. The molecule has 2 N–H and O–H groups in total. The van der Waals surface area contributed by atoms with Gasteiger partial charge in [-0.1, -0.05) is 0 Å². The molecule has 0 radical (unpaired) electrons. The lowest BCUT2D eigenvalue weighted by atomic mass is 10.2. The molecule has 2 unspecified atom stereocenters. The van der Waals surface area contributed by atoms with E-state index >= 15 is 0 Å². The molecular weight excluding hydrogens is 407 g/mol. The number of guanidine groups is 1. The highest BCUT2D eigenvalue weighted by Gasteiger charge is 2.31. The number of rotatable bonds is 8. The van der Waals surface area contributed by atoms with Crippen LogP contribution < -0.4 is 10.6 Å². The van der Waals surface area contributed by atoms with Gasteiger partial charge in [-0.2, -0.15) is 0 Å². The fraction of sp³-hybridized carbons (Fsp3) is 0.938. The van der Waals surface area contributed by atoms with E-state index in [-0.39, 0.29) is 30.1 Å². The molecule has 136 valence electrons. The zero-order chi connectivity index (χ0) is 15.6. The number of hydrogen-bond donors (Lipinski definition) is 2. The minimum absolute atomic E-state index is 0. The number of nitrogens with zero attached hydrogens (tertiary/aromatic N) is 2. The van der Waals surface area contributed by atoms with Crippen LogP contribution in [0.2, 0.25) is 0 Å². The van der Waals surface area contributed by atoms with Gasteiger partial charge in [-0.3, -0.25) is 9.89 Å². The summed E-state index contributed by atoms with van der Waals surface area (Å²) in [6.07, 6.45) is 3.83. The van der Waals surface area contributed by atoms with Crippen molar-refractivity contribution in [2.45, 2.75) is 45.3 Å². The first-order valence-electron chi connectivity index (χ1n) is 8.79. The van der Waals surface area contributed by atoms with Gasteiger partial charge >= 0.3 is 0 Å². The van der Waals surface area contributed by atoms with E-state index in [1.807, 2.05) is 6.92 Å². The summed E-state index contributed by atoms with van der Waals surface area (Å²) in [4.78, 5) is 7.23. The van der Waals surface area contributed by atoms with Crippen LogP contribution in [0, 0.1) is 0 Å². The van der Waals surface area contributed by atoms with Crippen molar-refractivity contribution in [1.29, 1.82) is 0 Å². The van der Waals surface area contributed by atoms with Crippen LogP contribution >= 0.6 is 24.0 Å². The number of aliphatic imine (C=N–C) groups is 1. The molecule has 0 bridgehead atoms. The summed E-state index contributed by atoms with van der Waals surface area (Å²) in [5.41, 5.74) is 0. The van der Waals surface area contributed by atoms with E-state index in [9.17, 15) is 0 Å². The van der Waals surface area contributed by atoms with Gasteiger partial charge in [-0.25, -0.2) is 0 Å². The van der Waals surface area contributed by atoms with Gasteiger partial charge in [0.15, 0.2) is 5.96 Å². The number of ether oxygens (including phenoxy) is 2. The first-order chi connectivity index (χ1) is 10.8. The fourth-order valence-electron chi connectivity index (χ4n) is 3.06. The monoisotopic (exact) mass is 440 g/mol. The van der Waals surface area contributed by atoms with Crippen molar-refractivity contribution in [3.63, 3.8) is 0 Å². The highest BCUT2D eigenvalue weighted by molar-refractivity contribution is 14.0. The van der Waals surface area contributed by atoms with Crippen molar-refractivity contribution in [2.24, 2.45) is 4.99 Å². The summed E-state index contributed by atoms with van der Waals surface area (Å²) < 4.78 is 11.3. The predicted molar refractivity (Wildman–Crippen MR) is 105 cm³/mol. The second-order valence-corrected chi connectivity index (χ2v) is 5.94. The zero-order valence-corrected chi connectivity index (χ0v) is 16.9. The summed E-state index contributed by atoms with van der Waals surface area (Å²) >= 11 is 0. The standard InChI is InChI=1S/C16H32N4O2.HI/c1-3-17-16(18-8-6-10-21-4-2)19-11-15-12-20-9-5-7-14(20)13-22-15;/h14-15H,3-13H2,1-2H3,(H2,17,18,19);1H. The smallest absolute Gasteiger partial charge is 0.191 e. The number of halogens is 1. The van der Waals surface area contributed by atoms with E-state index in [1.165, 1.54) is 19.4 Å². The molecule has 2 aliphatic heterocycles. The van der Waals surface area contributed by atoms with Gasteiger partial charge in [-0.05, 0) is 39.7 Å². The predicted octanol–water partition coefficient (Wildman–Crippen LogP) is 1.45. The lowest BCUT2D eigenvalue weighted by Gasteiger charge is -2.34. The second-order valence-electron chi connectivity index (χ2n) is 5.94. The van der Waals surface area contributed by atoms with Crippen molar-refractivity contribution in [3.8, 4) is 0 Å². The molecule has 2 fully saturated rings. The van der Waals surface area contributed by atoms with E-state index in [1.54, 1.807) is 0 Å². The Labute approximate surface area is 157 Å². The molecule has 2 heterocycles. The SMILES string of the molecule is CCNC(=NCC1CN2CCCC2CO1)NCCCOCC.I. The van der Waals surface area contributed by atoms with Gasteiger partial charge in [0.25, 0.3) is 0 Å². The van der Waals surface area contributed by atoms with E-state index in [0.29, 0.717) is 6.04 Å². The van der Waals surface area contributed by atoms with Gasteiger partial charge < -0.3 is 20.1 Å². The first kappa shape index (κ1) is 20.9. The van der Waals surface area contributed by atoms with Crippen LogP contribution in [-0.2, 0) is 9.47 Å². The maximum absolute atomic E-state index is 5.95. The Kier molecular flexibility index (Phi) is 11.2. The Bertz CT molecular complexity index is 344. The third-order valence-corrected chi connectivity index (χ3v) is 4.22. The average molecular weight is 440 g/mol. The van der Waals surface area contributed by atoms with Crippen LogP contribution in [-0.4, -0.2) is 75.5 Å². The van der Waals surface area contributed by atoms with Crippen LogP contribution in [0.15, 0.2) is 4.99 Å². The third-order valence-electron chi connectivity index (χ3n) is 4.22. The molecule has 0 amide bonds. The molecule has 2 atom stereocenters. The Morgan fingerprint density at radius 1 is 1.35 bits per heavy atom. The largest absolute Gasteiger partial charge is 0.382 e. The number of fused-ring (bicyclic) bond motifs is 1. The summed E-state index contributed by atoms with van der Waals surface area (Å²) in [6.45, 7) is 11.3. The van der Waals surface area contributed by atoms with Crippen molar-refractivity contribution >= 4 is 29.9 Å². The normalized spacial score (nSPS) is 24.9. The van der Waals surface area contributed by atoms with Gasteiger partial charge in [0, 0.05) is 38.9 Å². The Balaban J connectivity index is 0.00000264. The molecule has 0 aromatic carbocycles. The molecule has 0 aromatic rings. The van der Waals surface area contributed by atoms with Crippen molar-refractivity contribution < 1.29 is 9.47 Å². The lowest BCUT2D eigenvalue weighted by Crippen LogP contribution is -2.47. The average Bonchev–Trinajstić information content (AvgIpc) is 3.00. The van der Waals surface area contributed by atoms with Gasteiger partial charge in [-0.15, -0.1) is 24.0 Å². The summed E-state index contributed by atoms with van der Waals surface area (Å²) in [5.74, 6) is 0.881. The Hall–Kier alpha value is -0.120. The topological polar surface area (TPSA) is 58.1 Å². The van der Waals surface area contributed by atoms with Crippen molar-refractivity contribution in [1.82, 2.24) is 15.5 Å². The van der Waals surface area contributed by atoms with Crippen molar-refractivity contribution in [2.75, 3.05) is 52.5 Å². The minimum Gasteiger partial charge on any atom is -0.382 e. The minimum atomic E-state index is 0. The van der Waals surface area contributed by atoms with Gasteiger partial charge in [0.05, 0.1) is 19.3 Å².